The summed E-state index contributed by atoms with van der Waals surface area (Å²) in [6, 6.07) is -0.824. The molecule has 10 heteroatoms. The van der Waals surface area contributed by atoms with Crippen LogP contribution in [0.2, 0.25) is 0 Å². The molecule has 0 spiro atoms. The van der Waals surface area contributed by atoms with Crippen molar-refractivity contribution in [2.75, 3.05) is 13.6 Å². The Balaban J connectivity index is 2.23. The van der Waals surface area contributed by atoms with Crippen LogP contribution in [0.1, 0.15) is 28.8 Å². The number of hydrogen-bond acceptors (Lipinski definition) is 6. The van der Waals surface area contributed by atoms with Gasteiger partial charge in [-0.25, -0.2) is 4.79 Å². The largest absolute Gasteiger partial charge is 0.465 e. The second-order valence-corrected chi connectivity index (χ2v) is 4.91. The molecule has 1 amide bonds. The van der Waals surface area contributed by atoms with Crippen molar-refractivity contribution in [3.63, 3.8) is 0 Å². The number of aromatic nitrogens is 2. The third kappa shape index (κ3) is 3.34. The second kappa shape index (κ2) is 6.71. The molecule has 1 aromatic heterocycles. The van der Waals surface area contributed by atoms with Gasteiger partial charge in [0, 0.05) is 14.1 Å². The van der Waals surface area contributed by atoms with E-state index < -0.39 is 36.3 Å². The van der Waals surface area contributed by atoms with E-state index in [1.165, 1.54) is 11.7 Å². The smallest absolute Gasteiger partial charge is 0.404 e. The van der Waals surface area contributed by atoms with E-state index in [1.54, 1.807) is 0 Å². The van der Waals surface area contributed by atoms with Crippen LogP contribution in [0.3, 0.4) is 0 Å². The van der Waals surface area contributed by atoms with Crippen LogP contribution < -0.4 is 5.32 Å². The van der Waals surface area contributed by atoms with E-state index in [4.69, 9.17) is 18.7 Å². The van der Waals surface area contributed by atoms with Crippen LogP contribution in [-0.2, 0) is 16.5 Å². The lowest BCUT2D eigenvalue weighted by Crippen LogP contribution is -2.44. The van der Waals surface area contributed by atoms with Crippen molar-refractivity contribution in [2.24, 2.45) is 7.05 Å². The summed E-state index contributed by atoms with van der Waals surface area (Å²) in [5, 5.41) is 26.1. The highest BCUT2D eigenvalue weighted by Gasteiger charge is 2.34. The number of rotatable bonds is 4. The van der Waals surface area contributed by atoms with Crippen molar-refractivity contribution < 1.29 is 28.4 Å². The predicted molar refractivity (Wildman–Crippen MR) is 73.5 cm³/mol. The molecule has 1 aliphatic rings. The van der Waals surface area contributed by atoms with Crippen LogP contribution in [0.15, 0.2) is 6.20 Å². The van der Waals surface area contributed by atoms with E-state index in [0.717, 1.165) is 6.20 Å². The number of nitro groups is 1. The highest BCUT2D eigenvalue weighted by atomic mass is 16.6. The van der Waals surface area contributed by atoms with E-state index in [0.29, 0.717) is 0 Å². The number of carbonyl (C=O) groups is 1. The minimum atomic E-state index is -2.73. The standard InChI is InChI=1S/C12H18N4O6/c1-15-11(8(5-13-15)16(19)20)9-4-3-7(14-12(17)18)10(21-2)6-22-9/h5,7,9-10,14H,3-4,6H2,1-2H3,(H,17,18)/t7-,9?,10-/m0/s1/i2D3. The monoisotopic (exact) mass is 317 g/mol. The summed E-state index contributed by atoms with van der Waals surface area (Å²) in [5.41, 5.74) is 0.0130. The number of nitrogens with one attached hydrogen (secondary N) is 1. The van der Waals surface area contributed by atoms with Crippen LogP contribution in [-0.4, -0.2) is 51.7 Å². The van der Waals surface area contributed by atoms with Gasteiger partial charge in [-0.2, -0.15) is 5.10 Å². The van der Waals surface area contributed by atoms with E-state index in [1.807, 2.05) is 0 Å². The van der Waals surface area contributed by atoms with Gasteiger partial charge in [0.2, 0.25) is 0 Å². The Hall–Kier alpha value is -2.20. The van der Waals surface area contributed by atoms with Crippen molar-refractivity contribution in [1.29, 1.82) is 0 Å². The predicted octanol–water partition coefficient (Wildman–Crippen LogP) is 0.831. The van der Waals surface area contributed by atoms with E-state index >= 15 is 0 Å². The first-order valence-corrected chi connectivity index (χ1v) is 6.53. The third-order valence-electron chi connectivity index (χ3n) is 3.58. The Bertz CT molecular complexity index is 649. The fraction of sp³-hybridized carbons (Fsp3) is 0.667. The molecule has 1 unspecified atom stereocenters. The van der Waals surface area contributed by atoms with E-state index in [2.05, 4.69) is 10.4 Å². The molecule has 10 nitrogen and oxygen atoms in total. The molecule has 0 aromatic carbocycles. The highest BCUT2D eigenvalue weighted by molar-refractivity contribution is 5.64. The van der Waals surface area contributed by atoms with Gasteiger partial charge in [0.15, 0.2) is 0 Å². The molecule has 1 fully saturated rings. The lowest BCUT2D eigenvalue weighted by Gasteiger charge is -2.22. The van der Waals surface area contributed by atoms with Gasteiger partial charge in [-0.05, 0) is 12.8 Å². The average Bonchev–Trinajstić information content (AvgIpc) is 2.75. The third-order valence-corrected chi connectivity index (χ3v) is 3.58. The number of carboxylic acid groups (broad SMARTS) is 1. The summed E-state index contributed by atoms with van der Waals surface area (Å²) in [4.78, 5) is 21.5. The molecule has 2 rings (SSSR count). The Kier molecular flexibility index (Phi) is 3.77. The van der Waals surface area contributed by atoms with Crippen molar-refractivity contribution in [3.05, 3.63) is 22.0 Å². The Labute approximate surface area is 130 Å². The van der Waals surface area contributed by atoms with Crippen molar-refractivity contribution in [2.45, 2.75) is 31.1 Å². The number of hydrogen-bond donors (Lipinski definition) is 2. The normalized spacial score (nSPS) is 28.0. The maximum Gasteiger partial charge on any atom is 0.404 e. The second-order valence-electron chi connectivity index (χ2n) is 4.91. The first-order chi connectivity index (χ1) is 11.6. The molecule has 2 N–H and O–H groups in total. The fourth-order valence-electron chi connectivity index (χ4n) is 2.53. The van der Waals surface area contributed by atoms with Gasteiger partial charge < -0.3 is 19.9 Å². The summed E-state index contributed by atoms with van der Waals surface area (Å²) in [7, 11) is -1.20. The number of nitrogens with zero attached hydrogens (tertiary/aromatic N) is 3. The maximum atomic E-state index is 11.1. The first kappa shape index (κ1) is 12.4. The highest BCUT2D eigenvalue weighted by Crippen LogP contribution is 2.33. The zero-order valence-electron chi connectivity index (χ0n) is 14.8. The Morgan fingerprint density at radius 2 is 2.50 bits per heavy atom. The summed E-state index contributed by atoms with van der Waals surface area (Å²) >= 11 is 0. The van der Waals surface area contributed by atoms with Crippen LogP contribution in [0.5, 0.6) is 0 Å². The summed E-state index contributed by atoms with van der Waals surface area (Å²) in [6.45, 7) is -0.240. The molecule has 0 aliphatic carbocycles. The Morgan fingerprint density at radius 3 is 3.14 bits per heavy atom. The molecule has 0 bridgehead atoms. The van der Waals surface area contributed by atoms with E-state index in [9.17, 15) is 14.9 Å². The lowest BCUT2D eigenvalue weighted by molar-refractivity contribution is -0.386. The van der Waals surface area contributed by atoms with Crippen LogP contribution in [0.25, 0.3) is 0 Å². The lowest BCUT2D eigenvalue weighted by atomic mass is 10.0. The van der Waals surface area contributed by atoms with Gasteiger partial charge in [-0.1, -0.05) is 0 Å². The number of aryl methyl sites for hydroxylation is 1. The molecule has 0 saturated carbocycles. The minimum absolute atomic E-state index is 0.181. The summed E-state index contributed by atoms with van der Waals surface area (Å²) in [6.07, 6.45) is -1.61. The van der Waals surface area contributed by atoms with Gasteiger partial charge >= 0.3 is 11.8 Å². The van der Waals surface area contributed by atoms with Gasteiger partial charge in [-0.15, -0.1) is 0 Å². The van der Waals surface area contributed by atoms with Crippen LogP contribution >= 0.6 is 0 Å². The molecule has 22 heavy (non-hydrogen) atoms. The molecule has 3 atom stereocenters. The first-order valence-electron chi connectivity index (χ1n) is 8.03. The zero-order valence-corrected chi connectivity index (χ0v) is 11.8. The maximum absolute atomic E-state index is 11.1. The van der Waals surface area contributed by atoms with Crippen molar-refractivity contribution in [1.82, 2.24) is 15.1 Å². The molecule has 1 saturated heterocycles. The minimum Gasteiger partial charge on any atom is -0.465 e. The van der Waals surface area contributed by atoms with Gasteiger partial charge in [0.25, 0.3) is 0 Å². The number of amides is 1. The summed E-state index contributed by atoms with van der Waals surface area (Å²) < 4.78 is 33.5. The average molecular weight is 317 g/mol. The molecule has 1 aromatic rings. The molecule has 2 heterocycles. The van der Waals surface area contributed by atoms with Gasteiger partial charge in [-0.3, -0.25) is 14.8 Å². The Morgan fingerprint density at radius 1 is 1.73 bits per heavy atom. The van der Waals surface area contributed by atoms with Crippen molar-refractivity contribution in [3.8, 4) is 0 Å². The molecular weight excluding hydrogens is 296 g/mol. The number of methoxy groups -OCH3 is 1. The van der Waals surface area contributed by atoms with Crippen LogP contribution in [0, 0.1) is 10.1 Å². The molecular formula is C12H18N4O6. The fourth-order valence-corrected chi connectivity index (χ4v) is 2.53. The van der Waals surface area contributed by atoms with Crippen LogP contribution in [0.4, 0.5) is 10.5 Å². The SMILES string of the molecule is [2H]C([2H])([2H])O[C@H]1COC(c2c([N+](=O)[O-])cnn2C)CC[C@@H]1NC(=O)O. The zero-order chi connectivity index (χ0) is 18.8. The van der Waals surface area contributed by atoms with E-state index in [-0.39, 0.29) is 30.8 Å². The van der Waals surface area contributed by atoms with Gasteiger partial charge in [0.05, 0.1) is 21.7 Å². The summed E-state index contributed by atoms with van der Waals surface area (Å²) in [5.74, 6) is 0. The molecule has 1 aliphatic heterocycles. The topological polar surface area (TPSA) is 129 Å². The number of ether oxygens (including phenoxy) is 2. The quantitative estimate of drug-likeness (QED) is 0.621. The molecule has 0 radical (unpaired) electrons. The van der Waals surface area contributed by atoms with Crippen molar-refractivity contribution >= 4 is 11.8 Å². The molecule has 122 valence electrons. The van der Waals surface area contributed by atoms with Gasteiger partial charge in [0.1, 0.15) is 24.1 Å².